The summed E-state index contributed by atoms with van der Waals surface area (Å²) in [6, 6.07) is 3.32. The van der Waals surface area contributed by atoms with Crippen molar-refractivity contribution in [3.8, 4) is 17.2 Å². The molecular weight excluding hydrogens is 366 g/mol. The molecule has 0 atom stereocenters. The molecule has 1 aromatic heterocycles. The van der Waals surface area contributed by atoms with Crippen LogP contribution < -0.4 is 19.5 Å². The summed E-state index contributed by atoms with van der Waals surface area (Å²) in [5.41, 5.74) is 0.978. The molecule has 0 radical (unpaired) electrons. The van der Waals surface area contributed by atoms with Gasteiger partial charge in [0.2, 0.25) is 5.75 Å². The minimum absolute atomic E-state index is 0.291. The molecule has 7 heteroatoms. The molecule has 0 unspecified atom stereocenters. The van der Waals surface area contributed by atoms with E-state index in [-0.39, 0.29) is 5.91 Å². The molecule has 124 valence electrons. The Balaban J connectivity index is 2.38. The molecule has 0 spiro atoms. The average Bonchev–Trinajstić information content (AvgIpc) is 2.78. The van der Waals surface area contributed by atoms with E-state index in [1.165, 1.54) is 21.3 Å². The third-order valence-corrected chi connectivity index (χ3v) is 4.29. The Kier molecular flexibility index (Phi) is 5.20. The Bertz CT molecular complexity index is 713. The summed E-state index contributed by atoms with van der Waals surface area (Å²) in [5.74, 6) is 2.28. The molecule has 0 aliphatic carbocycles. The molecule has 1 N–H and O–H groups in total. The number of carbonyl (C=O) groups is 1. The first-order chi connectivity index (χ1) is 10.9. The van der Waals surface area contributed by atoms with Crippen LogP contribution in [-0.4, -0.2) is 27.2 Å². The van der Waals surface area contributed by atoms with Gasteiger partial charge in [0.1, 0.15) is 11.5 Å². The zero-order chi connectivity index (χ0) is 17.1. The van der Waals surface area contributed by atoms with Crippen LogP contribution in [0.1, 0.15) is 21.9 Å². The van der Waals surface area contributed by atoms with E-state index in [2.05, 4.69) is 21.2 Å². The van der Waals surface area contributed by atoms with Crippen LogP contribution in [0.25, 0.3) is 0 Å². The van der Waals surface area contributed by atoms with Crippen LogP contribution in [0, 0.1) is 13.8 Å². The van der Waals surface area contributed by atoms with E-state index >= 15 is 0 Å². The van der Waals surface area contributed by atoms with Gasteiger partial charge >= 0.3 is 0 Å². The van der Waals surface area contributed by atoms with E-state index < -0.39 is 0 Å². The molecule has 0 fully saturated rings. The van der Waals surface area contributed by atoms with Gasteiger partial charge in [0, 0.05) is 17.8 Å². The highest BCUT2D eigenvalue weighted by Gasteiger charge is 2.21. The van der Waals surface area contributed by atoms with Crippen molar-refractivity contribution in [2.45, 2.75) is 13.8 Å². The zero-order valence-electron chi connectivity index (χ0n) is 13.6. The predicted molar refractivity (Wildman–Crippen MR) is 89.9 cm³/mol. The summed E-state index contributed by atoms with van der Waals surface area (Å²) in [7, 11) is 4.56. The van der Waals surface area contributed by atoms with Crippen LogP contribution in [0.2, 0.25) is 0 Å². The van der Waals surface area contributed by atoms with Crippen LogP contribution in [0.3, 0.4) is 0 Å². The molecule has 0 aliphatic heterocycles. The number of methoxy groups -OCH3 is 3. The quantitative estimate of drug-likeness (QED) is 0.846. The van der Waals surface area contributed by atoms with Gasteiger partial charge in [-0.15, -0.1) is 0 Å². The van der Waals surface area contributed by atoms with Crippen molar-refractivity contribution in [1.82, 2.24) is 0 Å². The summed E-state index contributed by atoms with van der Waals surface area (Å²) in [4.78, 5) is 12.5. The average molecular weight is 384 g/mol. The van der Waals surface area contributed by atoms with Crippen molar-refractivity contribution >= 4 is 27.5 Å². The highest BCUT2D eigenvalue weighted by atomic mass is 79.9. The number of aryl methyl sites for hydroxylation is 2. The van der Waals surface area contributed by atoms with Gasteiger partial charge < -0.3 is 23.9 Å². The van der Waals surface area contributed by atoms with Gasteiger partial charge in [0.15, 0.2) is 11.5 Å². The Labute approximate surface area is 142 Å². The van der Waals surface area contributed by atoms with Gasteiger partial charge in [-0.3, -0.25) is 4.79 Å². The number of benzene rings is 1. The van der Waals surface area contributed by atoms with E-state index in [0.29, 0.717) is 44.5 Å². The van der Waals surface area contributed by atoms with Crippen LogP contribution in [-0.2, 0) is 0 Å². The van der Waals surface area contributed by atoms with Crippen molar-refractivity contribution in [1.29, 1.82) is 0 Å². The third kappa shape index (κ3) is 3.29. The predicted octanol–water partition coefficient (Wildman–Crippen LogP) is 3.94. The molecule has 6 nitrogen and oxygen atoms in total. The topological polar surface area (TPSA) is 69.9 Å². The Hall–Kier alpha value is -2.15. The van der Waals surface area contributed by atoms with Crippen molar-refractivity contribution in [3.05, 3.63) is 33.7 Å². The normalized spacial score (nSPS) is 10.3. The number of anilines is 1. The molecule has 2 rings (SSSR count). The lowest BCUT2D eigenvalue weighted by Crippen LogP contribution is -2.13. The summed E-state index contributed by atoms with van der Waals surface area (Å²) in [5, 5.41) is 2.81. The van der Waals surface area contributed by atoms with E-state index in [4.69, 9.17) is 18.6 Å². The van der Waals surface area contributed by atoms with Crippen molar-refractivity contribution < 1.29 is 23.4 Å². The van der Waals surface area contributed by atoms with Gasteiger partial charge in [0.05, 0.1) is 31.4 Å². The number of ether oxygens (including phenoxy) is 3. The summed E-state index contributed by atoms with van der Waals surface area (Å²) >= 11 is 3.37. The van der Waals surface area contributed by atoms with E-state index in [1.807, 2.05) is 0 Å². The Morgan fingerprint density at radius 3 is 2.00 bits per heavy atom. The lowest BCUT2D eigenvalue weighted by molar-refractivity contribution is 0.102. The van der Waals surface area contributed by atoms with Gasteiger partial charge in [0.25, 0.3) is 5.91 Å². The number of furan rings is 1. The summed E-state index contributed by atoms with van der Waals surface area (Å²) in [6.07, 6.45) is 0. The molecule has 0 bridgehead atoms. The first kappa shape index (κ1) is 17.2. The number of amides is 1. The number of hydrogen-bond acceptors (Lipinski definition) is 5. The molecule has 0 saturated heterocycles. The number of nitrogens with one attached hydrogen (secondary N) is 1. The molecule has 0 saturated carbocycles. The molecule has 23 heavy (non-hydrogen) atoms. The fraction of sp³-hybridized carbons (Fsp3) is 0.312. The van der Waals surface area contributed by atoms with Gasteiger partial charge in [-0.05, 0) is 29.8 Å². The lowest BCUT2D eigenvalue weighted by atomic mass is 10.2. The smallest absolute Gasteiger partial charge is 0.260 e. The van der Waals surface area contributed by atoms with Gasteiger partial charge in [-0.1, -0.05) is 0 Å². The molecule has 1 amide bonds. The SMILES string of the molecule is COc1cc(NC(=O)c2c(C)oc(C)c2Br)cc(OC)c1OC. The number of hydrogen-bond donors (Lipinski definition) is 1. The second-order valence-electron chi connectivity index (χ2n) is 4.77. The van der Waals surface area contributed by atoms with Gasteiger partial charge in [-0.25, -0.2) is 0 Å². The molecule has 1 aromatic carbocycles. The maximum absolute atomic E-state index is 12.5. The maximum Gasteiger partial charge on any atom is 0.260 e. The fourth-order valence-electron chi connectivity index (χ4n) is 2.26. The molecular formula is C16H18BrNO5. The highest BCUT2D eigenvalue weighted by Crippen LogP contribution is 2.40. The Morgan fingerprint density at radius 1 is 1.04 bits per heavy atom. The standard InChI is InChI=1S/C16H18BrNO5/c1-8-13(14(17)9(2)23-8)16(19)18-10-6-11(20-3)15(22-5)12(7-10)21-4/h6-7H,1-5H3,(H,18,19). The van der Waals surface area contributed by atoms with Crippen LogP contribution in [0.5, 0.6) is 17.2 Å². The molecule has 2 aromatic rings. The van der Waals surface area contributed by atoms with Crippen LogP contribution in [0.15, 0.2) is 21.0 Å². The fourth-order valence-corrected chi connectivity index (χ4v) is 2.80. The summed E-state index contributed by atoms with van der Waals surface area (Å²) in [6.45, 7) is 3.52. The van der Waals surface area contributed by atoms with Crippen molar-refractivity contribution in [2.75, 3.05) is 26.6 Å². The minimum Gasteiger partial charge on any atom is -0.493 e. The van der Waals surface area contributed by atoms with Crippen LogP contribution in [0.4, 0.5) is 5.69 Å². The number of carbonyl (C=O) groups excluding carboxylic acids is 1. The maximum atomic E-state index is 12.5. The van der Waals surface area contributed by atoms with E-state index in [1.54, 1.807) is 26.0 Å². The zero-order valence-corrected chi connectivity index (χ0v) is 15.2. The van der Waals surface area contributed by atoms with Crippen LogP contribution >= 0.6 is 15.9 Å². The van der Waals surface area contributed by atoms with E-state index in [0.717, 1.165) is 0 Å². The van der Waals surface area contributed by atoms with Crippen molar-refractivity contribution in [2.24, 2.45) is 0 Å². The highest BCUT2D eigenvalue weighted by molar-refractivity contribution is 9.10. The second-order valence-corrected chi connectivity index (χ2v) is 5.56. The Morgan fingerprint density at radius 2 is 1.61 bits per heavy atom. The van der Waals surface area contributed by atoms with Gasteiger partial charge in [-0.2, -0.15) is 0 Å². The minimum atomic E-state index is -0.291. The lowest BCUT2D eigenvalue weighted by Gasteiger charge is -2.14. The van der Waals surface area contributed by atoms with E-state index in [9.17, 15) is 4.79 Å². The largest absolute Gasteiger partial charge is 0.493 e. The third-order valence-electron chi connectivity index (χ3n) is 3.34. The molecule has 1 heterocycles. The van der Waals surface area contributed by atoms with Crippen molar-refractivity contribution in [3.63, 3.8) is 0 Å². The first-order valence-corrected chi connectivity index (χ1v) is 7.59. The number of rotatable bonds is 5. The monoisotopic (exact) mass is 383 g/mol. The first-order valence-electron chi connectivity index (χ1n) is 6.79. The summed E-state index contributed by atoms with van der Waals surface area (Å²) < 4.78 is 21.9. The molecule has 0 aliphatic rings. The number of halogens is 1. The second kappa shape index (κ2) is 6.95.